The topological polar surface area (TPSA) is 26.3 Å². The van der Waals surface area contributed by atoms with Crippen molar-refractivity contribution in [1.29, 1.82) is 0 Å². The Morgan fingerprint density at radius 1 is 1.58 bits per heavy atom. The van der Waals surface area contributed by atoms with Crippen LogP contribution in [0.2, 0.25) is 0 Å². The van der Waals surface area contributed by atoms with Crippen molar-refractivity contribution in [3.05, 3.63) is 17.9 Å². The van der Waals surface area contributed by atoms with Gasteiger partial charge in [0.25, 0.3) is 0 Å². The number of unbranched alkanes of at least 4 members (excludes halogenated alkanes) is 1. The van der Waals surface area contributed by atoms with E-state index >= 15 is 0 Å². The maximum atomic E-state index is 11.0. The highest BCUT2D eigenvalue weighted by atomic mass is 127. The molecule has 2 nitrogen and oxygen atoms in total. The van der Waals surface area contributed by atoms with Crippen LogP contribution in [0.4, 0.5) is 0 Å². The van der Waals surface area contributed by atoms with Gasteiger partial charge in [-0.2, -0.15) is 0 Å². The lowest BCUT2D eigenvalue weighted by Crippen LogP contribution is -2.03. The molecule has 0 spiro atoms. The monoisotopic (exact) mass is 280 g/mol. The van der Waals surface area contributed by atoms with Gasteiger partial charge in [-0.3, -0.25) is 0 Å². The first-order valence-electron chi connectivity index (χ1n) is 3.79. The van der Waals surface area contributed by atoms with Gasteiger partial charge in [0.1, 0.15) is 0 Å². The van der Waals surface area contributed by atoms with Crippen LogP contribution < -0.4 is 0 Å². The van der Waals surface area contributed by atoms with Gasteiger partial charge in [0, 0.05) is 0 Å². The Kier molecular flexibility index (Phi) is 7.20. The van der Waals surface area contributed by atoms with Crippen LogP contribution in [0.15, 0.2) is 17.9 Å². The minimum absolute atomic E-state index is 0.307. The van der Waals surface area contributed by atoms with Gasteiger partial charge in [0.15, 0.2) is 0 Å². The SMILES string of the molecule is C=C=C(CCCCI)C(=O)OC. The molecule has 0 aromatic carbocycles. The number of carbonyl (C=O) groups excluding carboxylic acids is 1. The number of hydrogen-bond acceptors (Lipinski definition) is 2. The summed E-state index contributed by atoms with van der Waals surface area (Å²) in [5.74, 6) is -0.307. The Morgan fingerprint density at radius 3 is 2.67 bits per heavy atom. The van der Waals surface area contributed by atoms with E-state index in [4.69, 9.17) is 0 Å². The number of rotatable bonds is 5. The maximum absolute atomic E-state index is 11.0. The van der Waals surface area contributed by atoms with Crippen molar-refractivity contribution in [1.82, 2.24) is 0 Å². The number of esters is 1. The van der Waals surface area contributed by atoms with Crippen LogP contribution in [0, 0.1) is 0 Å². The van der Waals surface area contributed by atoms with Crippen molar-refractivity contribution in [2.45, 2.75) is 19.3 Å². The van der Waals surface area contributed by atoms with Crippen molar-refractivity contribution in [3.8, 4) is 0 Å². The van der Waals surface area contributed by atoms with E-state index in [9.17, 15) is 4.79 Å². The molecule has 0 amide bonds. The Balaban J connectivity index is 3.86. The standard InChI is InChI=1S/C9H13IO2/c1-3-8(9(11)12-2)6-4-5-7-10/h1,4-7H2,2H3. The molecule has 0 heterocycles. The van der Waals surface area contributed by atoms with Crippen LogP contribution in [-0.2, 0) is 9.53 Å². The third kappa shape index (κ3) is 4.57. The number of alkyl halides is 1. The van der Waals surface area contributed by atoms with Crippen molar-refractivity contribution >= 4 is 28.6 Å². The summed E-state index contributed by atoms with van der Waals surface area (Å²) in [6.07, 6.45) is 2.83. The highest BCUT2D eigenvalue weighted by Gasteiger charge is 2.06. The first-order valence-corrected chi connectivity index (χ1v) is 5.32. The van der Waals surface area contributed by atoms with Crippen LogP contribution >= 0.6 is 22.6 Å². The van der Waals surface area contributed by atoms with Gasteiger partial charge >= 0.3 is 5.97 Å². The average molecular weight is 280 g/mol. The minimum atomic E-state index is -0.307. The Labute approximate surface area is 86.8 Å². The Morgan fingerprint density at radius 2 is 2.25 bits per heavy atom. The summed E-state index contributed by atoms with van der Waals surface area (Å²) in [7, 11) is 1.37. The summed E-state index contributed by atoms with van der Waals surface area (Å²) in [5.41, 5.74) is 3.16. The molecule has 0 atom stereocenters. The van der Waals surface area contributed by atoms with Crippen molar-refractivity contribution < 1.29 is 9.53 Å². The molecule has 0 bridgehead atoms. The second kappa shape index (κ2) is 7.37. The molecule has 0 saturated heterocycles. The van der Waals surface area contributed by atoms with E-state index in [1.165, 1.54) is 7.11 Å². The highest BCUT2D eigenvalue weighted by Crippen LogP contribution is 2.08. The summed E-state index contributed by atoms with van der Waals surface area (Å²) < 4.78 is 5.67. The molecule has 0 N–H and O–H groups in total. The molecular formula is C9H13IO2. The van der Waals surface area contributed by atoms with Crippen LogP contribution in [0.5, 0.6) is 0 Å². The fraction of sp³-hybridized carbons (Fsp3) is 0.556. The van der Waals surface area contributed by atoms with Crippen LogP contribution in [0.1, 0.15) is 19.3 Å². The molecule has 0 fully saturated rings. The largest absolute Gasteiger partial charge is 0.465 e. The third-order valence-electron chi connectivity index (χ3n) is 1.46. The summed E-state index contributed by atoms with van der Waals surface area (Å²) >= 11 is 2.31. The predicted octanol–water partition coefficient (Wildman–Crippen LogP) is 2.48. The van der Waals surface area contributed by atoms with Gasteiger partial charge < -0.3 is 4.74 Å². The van der Waals surface area contributed by atoms with Crippen LogP contribution in [-0.4, -0.2) is 17.5 Å². The second-order valence-electron chi connectivity index (χ2n) is 2.29. The lowest BCUT2D eigenvalue weighted by atomic mass is 10.1. The first kappa shape index (κ1) is 11.7. The summed E-state index contributed by atoms with van der Waals surface area (Å²) in [4.78, 5) is 11.0. The van der Waals surface area contributed by atoms with Gasteiger partial charge in [-0.1, -0.05) is 29.2 Å². The van der Waals surface area contributed by atoms with Crippen molar-refractivity contribution in [3.63, 3.8) is 0 Å². The molecule has 0 aliphatic rings. The van der Waals surface area contributed by atoms with E-state index < -0.39 is 0 Å². The smallest absolute Gasteiger partial charge is 0.341 e. The van der Waals surface area contributed by atoms with E-state index in [2.05, 4.69) is 39.6 Å². The predicted molar refractivity (Wildman–Crippen MR) is 57.4 cm³/mol. The molecule has 68 valence electrons. The Bertz CT molecular complexity index is 193. The molecule has 0 rings (SSSR count). The zero-order chi connectivity index (χ0) is 9.40. The van der Waals surface area contributed by atoms with Gasteiger partial charge in [0.05, 0.1) is 12.7 Å². The van der Waals surface area contributed by atoms with E-state index in [1.54, 1.807) is 0 Å². The lowest BCUT2D eigenvalue weighted by Gasteiger charge is -2.00. The summed E-state index contributed by atoms with van der Waals surface area (Å²) in [5, 5.41) is 0. The molecule has 0 unspecified atom stereocenters. The molecule has 0 aliphatic heterocycles. The summed E-state index contributed by atoms with van der Waals surface area (Å²) in [6, 6.07) is 0. The van der Waals surface area contributed by atoms with E-state index in [1.807, 2.05) is 0 Å². The second-order valence-corrected chi connectivity index (χ2v) is 3.37. The molecule has 0 aliphatic carbocycles. The van der Waals surface area contributed by atoms with Crippen molar-refractivity contribution in [2.75, 3.05) is 11.5 Å². The number of halogens is 1. The Hall–Kier alpha value is -0.280. The van der Waals surface area contributed by atoms with Crippen LogP contribution in [0.25, 0.3) is 0 Å². The molecule has 0 aromatic heterocycles. The van der Waals surface area contributed by atoms with E-state index in [0.717, 1.165) is 23.7 Å². The van der Waals surface area contributed by atoms with Gasteiger partial charge in [0.2, 0.25) is 0 Å². The number of ether oxygens (including phenoxy) is 1. The van der Waals surface area contributed by atoms with Gasteiger partial charge in [-0.15, -0.1) is 5.73 Å². The molecule has 0 radical (unpaired) electrons. The summed E-state index contributed by atoms with van der Waals surface area (Å²) in [6.45, 7) is 3.44. The fourth-order valence-electron chi connectivity index (χ4n) is 0.782. The quantitative estimate of drug-likeness (QED) is 0.193. The zero-order valence-corrected chi connectivity index (χ0v) is 9.39. The molecule has 0 aromatic rings. The molecular weight excluding hydrogens is 267 g/mol. The number of hydrogen-bond donors (Lipinski definition) is 0. The van der Waals surface area contributed by atoms with E-state index in [0.29, 0.717) is 5.57 Å². The van der Waals surface area contributed by atoms with Gasteiger partial charge in [-0.05, 0) is 23.7 Å². The van der Waals surface area contributed by atoms with Crippen LogP contribution in [0.3, 0.4) is 0 Å². The minimum Gasteiger partial charge on any atom is -0.465 e. The molecule has 0 saturated carbocycles. The molecule has 3 heteroatoms. The maximum Gasteiger partial charge on any atom is 0.341 e. The number of carbonyl (C=O) groups is 1. The van der Waals surface area contributed by atoms with Gasteiger partial charge in [-0.25, -0.2) is 4.79 Å². The zero-order valence-electron chi connectivity index (χ0n) is 7.23. The normalized spacial score (nSPS) is 8.83. The average Bonchev–Trinajstić information content (AvgIpc) is 2.11. The fourth-order valence-corrected chi connectivity index (χ4v) is 1.32. The van der Waals surface area contributed by atoms with Crippen molar-refractivity contribution in [2.24, 2.45) is 0 Å². The first-order chi connectivity index (χ1) is 5.76. The highest BCUT2D eigenvalue weighted by molar-refractivity contribution is 14.1. The lowest BCUT2D eigenvalue weighted by molar-refractivity contribution is -0.136. The number of methoxy groups -OCH3 is 1. The molecule has 12 heavy (non-hydrogen) atoms. The van der Waals surface area contributed by atoms with E-state index in [-0.39, 0.29) is 5.97 Å². The third-order valence-corrected chi connectivity index (χ3v) is 2.22.